The average Bonchev–Trinajstić information content (AvgIpc) is 2.56. The van der Waals surface area contributed by atoms with Crippen molar-refractivity contribution in [1.82, 2.24) is 5.32 Å². The van der Waals surface area contributed by atoms with Crippen molar-refractivity contribution in [3.63, 3.8) is 0 Å². The van der Waals surface area contributed by atoms with E-state index in [4.69, 9.17) is 0 Å². The van der Waals surface area contributed by atoms with Gasteiger partial charge in [0, 0.05) is 12.1 Å². The molecule has 0 radical (unpaired) electrons. The van der Waals surface area contributed by atoms with Gasteiger partial charge in [-0.2, -0.15) is 0 Å². The van der Waals surface area contributed by atoms with Gasteiger partial charge in [0.25, 0.3) is 0 Å². The van der Waals surface area contributed by atoms with Crippen LogP contribution in [0.2, 0.25) is 0 Å². The van der Waals surface area contributed by atoms with Crippen molar-refractivity contribution >= 4 is 10.8 Å². The standard InChI is InChI=1S/C20H17N/c1-2-8-17(9-3-1)10-7-15-21-16-19-13-6-12-18-11-4-5-14-20(18)19/h1-6,8-9,11-14,21H,15-16H2. The third-order valence-corrected chi connectivity index (χ3v) is 3.42. The van der Waals surface area contributed by atoms with E-state index < -0.39 is 0 Å². The van der Waals surface area contributed by atoms with Gasteiger partial charge < -0.3 is 5.32 Å². The van der Waals surface area contributed by atoms with Crippen LogP contribution in [0.5, 0.6) is 0 Å². The van der Waals surface area contributed by atoms with Gasteiger partial charge in [-0.05, 0) is 28.5 Å². The van der Waals surface area contributed by atoms with E-state index in [1.165, 1.54) is 16.3 Å². The first-order chi connectivity index (χ1) is 10.4. The maximum Gasteiger partial charge on any atom is 0.0582 e. The SMILES string of the molecule is C(#Cc1ccccc1)CNCc1cccc2ccccc12. The zero-order valence-corrected chi connectivity index (χ0v) is 11.8. The van der Waals surface area contributed by atoms with Crippen LogP contribution in [-0.4, -0.2) is 6.54 Å². The number of hydrogen-bond donors (Lipinski definition) is 1. The topological polar surface area (TPSA) is 12.0 Å². The van der Waals surface area contributed by atoms with E-state index in [1.807, 2.05) is 30.3 Å². The van der Waals surface area contributed by atoms with Crippen molar-refractivity contribution < 1.29 is 0 Å². The van der Waals surface area contributed by atoms with Crippen molar-refractivity contribution in [2.45, 2.75) is 6.54 Å². The van der Waals surface area contributed by atoms with Crippen LogP contribution < -0.4 is 5.32 Å². The molecule has 0 saturated carbocycles. The molecule has 0 aliphatic heterocycles. The van der Waals surface area contributed by atoms with E-state index in [0.717, 1.165) is 12.1 Å². The molecule has 0 aliphatic carbocycles. The molecule has 21 heavy (non-hydrogen) atoms. The highest BCUT2D eigenvalue weighted by molar-refractivity contribution is 5.85. The Hall–Kier alpha value is -2.56. The summed E-state index contributed by atoms with van der Waals surface area (Å²) in [4.78, 5) is 0. The monoisotopic (exact) mass is 271 g/mol. The maximum absolute atomic E-state index is 3.39. The van der Waals surface area contributed by atoms with Gasteiger partial charge in [0.15, 0.2) is 0 Å². The molecule has 0 saturated heterocycles. The molecule has 3 aromatic carbocycles. The number of benzene rings is 3. The van der Waals surface area contributed by atoms with Crippen LogP contribution in [0.25, 0.3) is 10.8 Å². The second-order valence-electron chi connectivity index (χ2n) is 4.91. The lowest BCUT2D eigenvalue weighted by molar-refractivity contribution is 0.774. The Morgan fingerprint density at radius 3 is 2.43 bits per heavy atom. The normalized spacial score (nSPS) is 10.1. The number of nitrogens with one attached hydrogen (secondary N) is 1. The number of fused-ring (bicyclic) bond motifs is 1. The van der Waals surface area contributed by atoms with Gasteiger partial charge in [0.05, 0.1) is 6.54 Å². The van der Waals surface area contributed by atoms with E-state index >= 15 is 0 Å². The van der Waals surface area contributed by atoms with Gasteiger partial charge in [-0.25, -0.2) is 0 Å². The molecule has 3 rings (SSSR count). The molecule has 0 unspecified atom stereocenters. The van der Waals surface area contributed by atoms with Gasteiger partial charge in [-0.3, -0.25) is 0 Å². The molecule has 0 aliphatic rings. The molecular formula is C20H17N. The van der Waals surface area contributed by atoms with Crippen molar-refractivity contribution in [3.8, 4) is 11.8 Å². The lowest BCUT2D eigenvalue weighted by Gasteiger charge is -2.06. The van der Waals surface area contributed by atoms with Crippen LogP contribution in [-0.2, 0) is 6.54 Å². The van der Waals surface area contributed by atoms with Gasteiger partial charge in [-0.1, -0.05) is 72.5 Å². The molecule has 0 spiro atoms. The molecular weight excluding hydrogens is 254 g/mol. The summed E-state index contributed by atoms with van der Waals surface area (Å²) in [6.07, 6.45) is 0. The fourth-order valence-corrected chi connectivity index (χ4v) is 2.37. The minimum absolute atomic E-state index is 0.693. The predicted octanol–water partition coefficient (Wildman–Crippen LogP) is 3.98. The highest BCUT2D eigenvalue weighted by atomic mass is 14.8. The lowest BCUT2D eigenvalue weighted by atomic mass is 10.0. The van der Waals surface area contributed by atoms with E-state index in [9.17, 15) is 0 Å². The molecule has 1 N–H and O–H groups in total. The summed E-state index contributed by atoms with van der Waals surface area (Å²) < 4.78 is 0. The van der Waals surface area contributed by atoms with Crippen LogP contribution in [0, 0.1) is 11.8 Å². The molecule has 0 heterocycles. The minimum Gasteiger partial charge on any atom is -0.302 e. The van der Waals surface area contributed by atoms with Crippen molar-refractivity contribution in [2.24, 2.45) is 0 Å². The number of hydrogen-bond acceptors (Lipinski definition) is 1. The van der Waals surface area contributed by atoms with Crippen molar-refractivity contribution in [3.05, 3.63) is 83.9 Å². The first kappa shape index (κ1) is 13.4. The Morgan fingerprint density at radius 2 is 1.52 bits per heavy atom. The molecule has 0 fully saturated rings. The van der Waals surface area contributed by atoms with Crippen LogP contribution in [0.15, 0.2) is 72.8 Å². The predicted molar refractivity (Wildman–Crippen MR) is 89.0 cm³/mol. The summed E-state index contributed by atoms with van der Waals surface area (Å²) in [5.74, 6) is 6.31. The molecule has 1 nitrogen and oxygen atoms in total. The summed E-state index contributed by atoms with van der Waals surface area (Å²) >= 11 is 0. The fraction of sp³-hybridized carbons (Fsp3) is 0.100. The first-order valence-corrected chi connectivity index (χ1v) is 7.15. The smallest absolute Gasteiger partial charge is 0.0582 e. The summed E-state index contributed by atoms with van der Waals surface area (Å²) in [5.41, 5.74) is 2.37. The molecule has 3 aromatic rings. The molecule has 0 atom stereocenters. The summed E-state index contributed by atoms with van der Waals surface area (Å²) in [6, 6.07) is 25.0. The van der Waals surface area contributed by atoms with Gasteiger partial charge in [0.1, 0.15) is 0 Å². The average molecular weight is 271 g/mol. The van der Waals surface area contributed by atoms with Gasteiger partial charge in [0.2, 0.25) is 0 Å². The van der Waals surface area contributed by atoms with Crippen LogP contribution >= 0.6 is 0 Å². The number of rotatable bonds is 3. The zero-order valence-electron chi connectivity index (χ0n) is 11.8. The van der Waals surface area contributed by atoms with Crippen molar-refractivity contribution in [2.75, 3.05) is 6.54 Å². The summed E-state index contributed by atoms with van der Waals surface area (Å²) in [6.45, 7) is 1.53. The molecule has 1 heteroatoms. The van der Waals surface area contributed by atoms with E-state index in [-0.39, 0.29) is 0 Å². The zero-order chi connectivity index (χ0) is 14.3. The van der Waals surface area contributed by atoms with Crippen molar-refractivity contribution in [1.29, 1.82) is 0 Å². The second kappa shape index (κ2) is 6.74. The van der Waals surface area contributed by atoms with E-state index in [1.54, 1.807) is 0 Å². The molecule has 0 bridgehead atoms. The van der Waals surface area contributed by atoms with Crippen LogP contribution in [0.1, 0.15) is 11.1 Å². The highest BCUT2D eigenvalue weighted by Gasteiger charge is 1.98. The third kappa shape index (κ3) is 3.51. The lowest BCUT2D eigenvalue weighted by Crippen LogP contribution is -2.13. The third-order valence-electron chi connectivity index (χ3n) is 3.42. The Morgan fingerprint density at radius 1 is 0.762 bits per heavy atom. The fourth-order valence-electron chi connectivity index (χ4n) is 2.37. The summed E-state index contributed by atoms with van der Waals surface area (Å²) in [5, 5.41) is 5.98. The second-order valence-corrected chi connectivity index (χ2v) is 4.91. The van der Waals surface area contributed by atoms with Crippen LogP contribution in [0.4, 0.5) is 0 Å². The summed E-state index contributed by atoms with van der Waals surface area (Å²) in [7, 11) is 0. The minimum atomic E-state index is 0.693. The molecule has 0 amide bonds. The highest BCUT2D eigenvalue weighted by Crippen LogP contribution is 2.17. The Labute approximate surface area is 125 Å². The molecule has 102 valence electrons. The first-order valence-electron chi connectivity index (χ1n) is 7.15. The Kier molecular flexibility index (Phi) is 4.31. The Bertz CT molecular complexity index is 774. The van der Waals surface area contributed by atoms with E-state index in [0.29, 0.717) is 6.54 Å². The van der Waals surface area contributed by atoms with Gasteiger partial charge in [-0.15, -0.1) is 0 Å². The largest absolute Gasteiger partial charge is 0.302 e. The van der Waals surface area contributed by atoms with Crippen LogP contribution in [0.3, 0.4) is 0 Å². The quantitative estimate of drug-likeness (QED) is 0.561. The maximum atomic E-state index is 3.39. The van der Waals surface area contributed by atoms with Gasteiger partial charge >= 0.3 is 0 Å². The van der Waals surface area contributed by atoms with E-state index in [2.05, 4.69) is 59.6 Å². The molecule has 0 aromatic heterocycles. The Balaban J connectivity index is 1.62.